The molecule has 4 rings (SSSR count). The van der Waals surface area contributed by atoms with E-state index in [4.69, 9.17) is 16.3 Å². The molecule has 0 saturated heterocycles. The number of hydrogen-bond donors (Lipinski definition) is 1. The van der Waals surface area contributed by atoms with Gasteiger partial charge in [-0.15, -0.1) is 0 Å². The molecule has 5 nitrogen and oxygen atoms in total. The van der Waals surface area contributed by atoms with E-state index < -0.39 is 0 Å². The summed E-state index contributed by atoms with van der Waals surface area (Å²) >= 11 is 8.13. The molecule has 0 unspecified atom stereocenters. The monoisotopic (exact) mass is 424 g/mol. The highest BCUT2D eigenvalue weighted by molar-refractivity contribution is 7.22. The molecule has 2 aromatic carbocycles. The van der Waals surface area contributed by atoms with Gasteiger partial charge in [0.2, 0.25) is 0 Å². The van der Waals surface area contributed by atoms with Crippen LogP contribution in [0.1, 0.15) is 20.8 Å². The number of ether oxygens (including phenoxy) is 1. The number of para-hydroxylation sites is 1. The molecule has 0 amide bonds. The lowest BCUT2D eigenvalue weighted by Crippen LogP contribution is -2.17. The van der Waals surface area contributed by atoms with E-state index in [9.17, 15) is 0 Å². The molecule has 2 heterocycles. The standard InChI is InChI=1S/C22H21ClN4OS/c1-22(2,3)13-28-20-24-11-14(12-25-20)16-9-8-15(10-17(16)23)26-21-27-18-6-4-5-7-19(18)29-21/h4-12H,13H2,1-3H3,(H,26,27). The first-order valence-electron chi connectivity index (χ1n) is 9.25. The van der Waals surface area contributed by atoms with Gasteiger partial charge >= 0.3 is 6.01 Å². The van der Waals surface area contributed by atoms with E-state index in [-0.39, 0.29) is 5.41 Å². The van der Waals surface area contributed by atoms with Crippen molar-refractivity contribution in [3.63, 3.8) is 0 Å². The second kappa shape index (κ2) is 7.97. The maximum absolute atomic E-state index is 6.53. The molecular weight excluding hydrogens is 404 g/mol. The van der Waals surface area contributed by atoms with E-state index in [2.05, 4.69) is 47.1 Å². The van der Waals surface area contributed by atoms with Crippen LogP contribution in [0.15, 0.2) is 54.9 Å². The number of halogens is 1. The van der Waals surface area contributed by atoms with Crippen LogP contribution < -0.4 is 10.1 Å². The molecule has 0 aliphatic rings. The maximum atomic E-state index is 6.53. The Bertz CT molecular complexity index is 1100. The number of hydrogen-bond acceptors (Lipinski definition) is 6. The molecule has 1 N–H and O–H groups in total. The number of benzene rings is 2. The number of fused-ring (bicyclic) bond motifs is 1. The van der Waals surface area contributed by atoms with E-state index in [0.29, 0.717) is 17.6 Å². The lowest BCUT2D eigenvalue weighted by Gasteiger charge is -2.17. The molecule has 0 atom stereocenters. The van der Waals surface area contributed by atoms with Crippen LogP contribution in [0.2, 0.25) is 5.02 Å². The van der Waals surface area contributed by atoms with Crippen LogP contribution in [0.3, 0.4) is 0 Å². The molecule has 0 aliphatic heterocycles. The Labute approximate surface area is 178 Å². The molecule has 0 bridgehead atoms. The van der Waals surface area contributed by atoms with Crippen LogP contribution in [0.25, 0.3) is 21.3 Å². The lowest BCUT2D eigenvalue weighted by atomic mass is 9.99. The molecule has 0 aliphatic carbocycles. The molecule has 0 saturated carbocycles. The van der Waals surface area contributed by atoms with Crippen LogP contribution in [-0.4, -0.2) is 21.6 Å². The zero-order valence-electron chi connectivity index (χ0n) is 16.4. The Hall–Kier alpha value is -2.70. The van der Waals surface area contributed by atoms with Gasteiger partial charge in [0.15, 0.2) is 5.13 Å². The van der Waals surface area contributed by atoms with Gasteiger partial charge in [-0.1, -0.05) is 61.9 Å². The van der Waals surface area contributed by atoms with Gasteiger partial charge in [-0.25, -0.2) is 15.0 Å². The van der Waals surface area contributed by atoms with Gasteiger partial charge in [0.05, 0.1) is 21.8 Å². The number of nitrogens with zero attached hydrogens (tertiary/aromatic N) is 3. The SMILES string of the molecule is CC(C)(C)COc1ncc(-c2ccc(Nc3nc4ccccc4s3)cc2Cl)cn1. The molecule has 2 aromatic heterocycles. The highest BCUT2D eigenvalue weighted by Crippen LogP contribution is 2.33. The van der Waals surface area contributed by atoms with Crippen molar-refractivity contribution in [1.82, 2.24) is 15.0 Å². The number of thiazole rings is 1. The van der Waals surface area contributed by atoms with Crippen molar-refractivity contribution >= 4 is 44.0 Å². The summed E-state index contributed by atoms with van der Waals surface area (Å²) < 4.78 is 6.77. The van der Waals surface area contributed by atoms with Crippen molar-refractivity contribution < 1.29 is 4.74 Å². The molecule has 4 aromatic rings. The molecule has 0 radical (unpaired) electrons. The van der Waals surface area contributed by atoms with Crippen molar-refractivity contribution in [3.05, 3.63) is 59.9 Å². The molecule has 148 valence electrons. The van der Waals surface area contributed by atoms with E-state index in [0.717, 1.165) is 32.2 Å². The van der Waals surface area contributed by atoms with Crippen molar-refractivity contribution in [2.24, 2.45) is 5.41 Å². The summed E-state index contributed by atoms with van der Waals surface area (Å²) in [7, 11) is 0. The first kappa shape index (κ1) is 19.6. The van der Waals surface area contributed by atoms with Crippen LogP contribution in [0.5, 0.6) is 6.01 Å². The molecule has 0 spiro atoms. The van der Waals surface area contributed by atoms with Gasteiger partial charge < -0.3 is 10.1 Å². The van der Waals surface area contributed by atoms with Crippen molar-refractivity contribution in [2.75, 3.05) is 11.9 Å². The molecular formula is C22H21ClN4OS. The quantitative estimate of drug-likeness (QED) is 0.392. The number of nitrogens with one attached hydrogen (secondary N) is 1. The zero-order chi connectivity index (χ0) is 20.4. The third-order valence-electron chi connectivity index (χ3n) is 4.09. The first-order valence-corrected chi connectivity index (χ1v) is 10.4. The topological polar surface area (TPSA) is 59.9 Å². The van der Waals surface area contributed by atoms with E-state index in [1.165, 1.54) is 0 Å². The Balaban J connectivity index is 1.49. The average Bonchev–Trinajstić information content (AvgIpc) is 3.09. The summed E-state index contributed by atoms with van der Waals surface area (Å²) in [5.74, 6) is 0. The fourth-order valence-electron chi connectivity index (χ4n) is 2.69. The van der Waals surface area contributed by atoms with Gasteiger partial charge in [0.25, 0.3) is 0 Å². The predicted molar refractivity (Wildman–Crippen MR) is 120 cm³/mol. The van der Waals surface area contributed by atoms with E-state index >= 15 is 0 Å². The van der Waals surface area contributed by atoms with Crippen LogP contribution in [0.4, 0.5) is 10.8 Å². The minimum Gasteiger partial charge on any atom is -0.463 e. The van der Waals surface area contributed by atoms with Gasteiger partial charge in [-0.2, -0.15) is 0 Å². The van der Waals surface area contributed by atoms with Crippen molar-refractivity contribution in [1.29, 1.82) is 0 Å². The van der Waals surface area contributed by atoms with Crippen LogP contribution >= 0.6 is 22.9 Å². The summed E-state index contributed by atoms with van der Waals surface area (Å²) in [6.07, 6.45) is 3.46. The Morgan fingerprint density at radius 3 is 2.52 bits per heavy atom. The Kier molecular flexibility index (Phi) is 5.39. The molecule has 0 fully saturated rings. The second-order valence-electron chi connectivity index (χ2n) is 7.91. The highest BCUT2D eigenvalue weighted by Gasteiger charge is 2.13. The van der Waals surface area contributed by atoms with Crippen LogP contribution in [0, 0.1) is 5.41 Å². The molecule has 7 heteroatoms. The van der Waals surface area contributed by atoms with Gasteiger partial charge in [-0.3, -0.25) is 0 Å². The van der Waals surface area contributed by atoms with Gasteiger partial charge in [-0.05, 0) is 29.7 Å². The van der Waals surface area contributed by atoms with Crippen LogP contribution in [-0.2, 0) is 0 Å². The summed E-state index contributed by atoms with van der Waals surface area (Å²) in [6, 6.07) is 14.2. The number of anilines is 2. The summed E-state index contributed by atoms with van der Waals surface area (Å²) in [6.45, 7) is 6.86. The average molecular weight is 425 g/mol. The maximum Gasteiger partial charge on any atom is 0.316 e. The third kappa shape index (κ3) is 4.83. The number of rotatable bonds is 5. The largest absolute Gasteiger partial charge is 0.463 e. The second-order valence-corrected chi connectivity index (χ2v) is 9.35. The predicted octanol–water partition coefficient (Wildman–Crippen LogP) is 6.58. The summed E-state index contributed by atoms with van der Waals surface area (Å²) in [4.78, 5) is 13.2. The van der Waals surface area contributed by atoms with Crippen molar-refractivity contribution in [2.45, 2.75) is 20.8 Å². The first-order chi connectivity index (χ1) is 13.9. The Morgan fingerprint density at radius 2 is 1.83 bits per heavy atom. The van der Waals surface area contributed by atoms with Gasteiger partial charge in [0.1, 0.15) is 0 Å². The van der Waals surface area contributed by atoms with E-state index in [1.54, 1.807) is 23.7 Å². The third-order valence-corrected chi connectivity index (χ3v) is 5.35. The smallest absolute Gasteiger partial charge is 0.316 e. The number of aromatic nitrogens is 3. The zero-order valence-corrected chi connectivity index (χ0v) is 18.0. The lowest BCUT2D eigenvalue weighted by molar-refractivity contribution is 0.184. The summed E-state index contributed by atoms with van der Waals surface area (Å²) in [5, 5.41) is 4.77. The summed E-state index contributed by atoms with van der Waals surface area (Å²) in [5.41, 5.74) is 3.61. The Morgan fingerprint density at radius 1 is 1.07 bits per heavy atom. The van der Waals surface area contributed by atoms with Crippen molar-refractivity contribution in [3.8, 4) is 17.1 Å². The normalized spacial score (nSPS) is 11.6. The highest BCUT2D eigenvalue weighted by atomic mass is 35.5. The fraction of sp³-hybridized carbons (Fsp3) is 0.227. The molecule has 29 heavy (non-hydrogen) atoms. The fourth-order valence-corrected chi connectivity index (χ4v) is 3.86. The van der Waals surface area contributed by atoms with E-state index in [1.807, 2.05) is 36.4 Å². The van der Waals surface area contributed by atoms with Gasteiger partial charge in [0, 0.05) is 29.2 Å². The minimum absolute atomic E-state index is 0.0530. The minimum atomic E-state index is 0.0530.